The van der Waals surface area contributed by atoms with Crippen molar-refractivity contribution in [3.05, 3.63) is 48.0 Å². The Morgan fingerprint density at radius 2 is 1.74 bits per heavy atom. The van der Waals surface area contributed by atoms with E-state index in [1.165, 1.54) is 0 Å². The average molecular weight is 315 g/mol. The Kier molecular flexibility index (Phi) is 5.68. The number of urea groups is 1. The molecule has 2 aromatic rings. The van der Waals surface area contributed by atoms with E-state index >= 15 is 0 Å². The zero-order chi connectivity index (χ0) is 16.7. The Balaban J connectivity index is 1.79. The van der Waals surface area contributed by atoms with Crippen molar-refractivity contribution in [3.63, 3.8) is 0 Å². The van der Waals surface area contributed by atoms with Gasteiger partial charge in [0.15, 0.2) is 6.73 Å². The first-order valence-electron chi connectivity index (χ1n) is 7.35. The number of nitrogens with two attached hydrogens (primary N) is 1. The molecule has 0 aromatic heterocycles. The van der Waals surface area contributed by atoms with Crippen LogP contribution < -0.4 is 25.8 Å². The van der Waals surface area contributed by atoms with Crippen LogP contribution in [0.1, 0.15) is 12.5 Å². The lowest BCUT2D eigenvalue weighted by molar-refractivity contribution is 0.234. The van der Waals surface area contributed by atoms with Gasteiger partial charge in [-0.2, -0.15) is 0 Å². The van der Waals surface area contributed by atoms with Crippen molar-refractivity contribution in [1.29, 1.82) is 0 Å². The molecule has 0 heterocycles. The molecule has 4 N–H and O–H groups in total. The van der Waals surface area contributed by atoms with Crippen LogP contribution in [0.25, 0.3) is 0 Å². The number of hydrogen-bond donors (Lipinski definition) is 3. The fraction of sp³-hybridized carbons (Fsp3) is 0.235. The molecule has 0 aliphatic heterocycles. The van der Waals surface area contributed by atoms with Gasteiger partial charge < -0.3 is 25.8 Å². The summed E-state index contributed by atoms with van der Waals surface area (Å²) >= 11 is 0. The normalized spacial score (nSPS) is 10.0. The van der Waals surface area contributed by atoms with Crippen LogP contribution in [0.15, 0.2) is 42.5 Å². The molecule has 0 bridgehead atoms. The van der Waals surface area contributed by atoms with Gasteiger partial charge in [-0.15, -0.1) is 0 Å². The number of anilines is 2. The number of aryl methyl sites for hydroxylation is 1. The van der Waals surface area contributed by atoms with E-state index in [0.717, 1.165) is 11.3 Å². The number of nitrogen functional groups attached to an aromatic ring is 1. The lowest BCUT2D eigenvalue weighted by Gasteiger charge is -2.11. The van der Waals surface area contributed by atoms with Gasteiger partial charge in [-0.1, -0.05) is 6.07 Å². The maximum atomic E-state index is 11.8. The number of carbonyl (C=O) groups is 1. The molecule has 0 saturated heterocycles. The minimum atomic E-state index is -0.381. The number of nitrogens with one attached hydrogen (secondary N) is 2. The molecule has 0 atom stereocenters. The van der Waals surface area contributed by atoms with Crippen LogP contribution in [-0.2, 0) is 0 Å². The van der Waals surface area contributed by atoms with Crippen LogP contribution in [0.4, 0.5) is 16.2 Å². The number of rotatable bonds is 6. The third kappa shape index (κ3) is 5.10. The maximum absolute atomic E-state index is 11.8. The van der Waals surface area contributed by atoms with Crippen LogP contribution in [0.5, 0.6) is 11.5 Å². The summed E-state index contributed by atoms with van der Waals surface area (Å²) in [6.45, 7) is 4.51. The standard InChI is InChI=1S/C17H21N3O3/c1-3-22-13-5-7-14(8-6-13)23-11-19-17(21)20-16-10-12(2)4-9-15(16)18/h4-10H,3,11,18H2,1-2H3,(H2,19,20,21). The second-order valence-electron chi connectivity index (χ2n) is 4.91. The van der Waals surface area contributed by atoms with E-state index < -0.39 is 0 Å². The molecule has 6 nitrogen and oxygen atoms in total. The van der Waals surface area contributed by atoms with Gasteiger partial charge in [0.2, 0.25) is 0 Å². The highest BCUT2D eigenvalue weighted by atomic mass is 16.5. The zero-order valence-electron chi connectivity index (χ0n) is 13.3. The Labute approximate surface area is 135 Å². The van der Waals surface area contributed by atoms with E-state index in [4.69, 9.17) is 15.2 Å². The second kappa shape index (κ2) is 7.93. The van der Waals surface area contributed by atoms with Gasteiger partial charge in [0, 0.05) is 0 Å². The zero-order valence-corrected chi connectivity index (χ0v) is 13.3. The molecule has 23 heavy (non-hydrogen) atoms. The number of carbonyl (C=O) groups excluding carboxylic acids is 1. The quantitative estimate of drug-likeness (QED) is 0.564. The highest BCUT2D eigenvalue weighted by Gasteiger charge is 2.05. The van der Waals surface area contributed by atoms with Gasteiger partial charge in [0.05, 0.1) is 18.0 Å². The fourth-order valence-electron chi connectivity index (χ4n) is 1.93. The van der Waals surface area contributed by atoms with E-state index in [0.29, 0.717) is 23.7 Å². The van der Waals surface area contributed by atoms with Gasteiger partial charge in [0.1, 0.15) is 11.5 Å². The molecule has 0 aliphatic carbocycles. The number of benzene rings is 2. The smallest absolute Gasteiger partial charge is 0.321 e. The molecule has 122 valence electrons. The first kappa shape index (κ1) is 16.5. The summed E-state index contributed by atoms with van der Waals surface area (Å²) in [5.41, 5.74) is 7.91. The van der Waals surface area contributed by atoms with Gasteiger partial charge in [-0.25, -0.2) is 4.79 Å². The van der Waals surface area contributed by atoms with Crippen LogP contribution in [-0.4, -0.2) is 19.4 Å². The lowest BCUT2D eigenvalue weighted by atomic mass is 10.2. The van der Waals surface area contributed by atoms with Gasteiger partial charge in [-0.05, 0) is 55.8 Å². The average Bonchev–Trinajstić information content (AvgIpc) is 2.53. The van der Waals surface area contributed by atoms with Crippen molar-refractivity contribution in [1.82, 2.24) is 5.32 Å². The summed E-state index contributed by atoms with van der Waals surface area (Å²) in [7, 11) is 0. The van der Waals surface area contributed by atoms with Crippen LogP contribution >= 0.6 is 0 Å². The molecule has 6 heteroatoms. The Morgan fingerprint density at radius 1 is 1.09 bits per heavy atom. The van der Waals surface area contributed by atoms with Crippen molar-refractivity contribution in [2.75, 3.05) is 24.4 Å². The highest BCUT2D eigenvalue weighted by Crippen LogP contribution is 2.19. The monoisotopic (exact) mass is 315 g/mol. The summed E-state index contributed by atoms with van der Waals surface area (Å²) < 4.78 is 10.8. The number of ether oxygens (including phenoxy) is 2. The van der Waals surface area contributed by atoms with Crippen molar-refractivity contribution >= 4 is 17.4 Å². The fourth-order valence-corrected chi connectivity index (χ4v) is 1.93. The minimum Gasteiger partial charge on any atom is -0.494 e. The molecule has 2 aromatic carbocycles. The third-order valence-corrected chi connectivity index (χ3v) is 3.06. The molecular formula is C17H21N3O3. The Hall–Kier alpha value is -2.89. The Morgan fingerprint density at radius 3 is 2.39 bits per heavy atom. The predicted molar refractivity (Wildman–Crippen MR) is 90.9 cm³/mol. The number of amides is 2. The molecule has 0 unspecified atom stereocenters. The van der Waals surface area contributed by atoms with Crippen LogP contribution in [0.3, 0.4) is 0 Å². The molecular weight excluding hydrogens is 294 g/mol. The SMILES string of the molecule is CCOc1ccc(OCNC(=O)Nc2cc(C)ccc2N)cc1. The highest BCUT2D eigenvalue weighted by molar-refractivity contribution is 5.92. The van der Waals surface area contributed by atoms with E-state index in [1.54, 1.807) is 18.2 Å². The molecule has 0 fully saturated rings. The van der Waals surface area contributed by atoms with Crippen molar-refractivity contribution in [2.24, 2.45) is 0 Å². The summed E-state index contributed by atoms with van der Waals surface area (Å²) in [5.74, 6) is 1.42. The largest absolute Gasteiger partial charge is 0.494 e. The lowest BCUT2D eigenvalue weighted by Crippen LogP contribution is -2.32. The first-order chi connectivity index (χ1) is 11.1. The minimum absolute atomic E-state index is 0.0472. The van der Waals surface area contributed by atoms with E-state index in [2.05, 4.69) is 10.6 Å². The molecule has 0 aliphatic rings. The Bertz CT molecular complexity index is 657. The van der Waals surface area contributed by atoms with Gasteiger partial charge >= 0.3 is 6.03 Å². The van der Waals surface area contributed by atoms with E-state index in [9.17, 15) is 4.79 Å². The summed E-state index contributed by atoms with van der Waals surface area (Å²) in [6, 6.07) is 12.2. The van der Waals surface area contributed by atoms with Crippen LogP contribution in [0.2, 0.25) is 0 Å². The summed E-state index contributed by atoms with van der Waals surface area (Å²) in [6.07, 6.45) is 0. The number of hydrogen-bond acceptors (Lipinski definition) is 4. The topological polar surface area (TPSA) is 85.6 Å². The van der Waals surface area contributed by atoms with Crippen LogP contribution in [0, 0.1) is 6.92 Å². The van der Waals surface area contributed by atoms with Crippen molar-refractivity contribution < 1.29 is 14.3 Å². The molecule has 0 spiro atoms. The predicted octanol–water partition coefficient (Wildman–Crippen LogP) is 3.13. The molecule has 2 rings (SSSR count). The molecule has 2 amide bonds. The van der Waals surface area contributed by atoms with Gasteiger partial charge in [0.25, 0.3) is 0 Å². The third-order valence-electron chi connectivity index (χ3n) is 3.06. The van der Waals surface area contributed by atoms with Gasteiger partial charge in [-0.3, -0.25) is 0 Å². The van der Waals surface area contributed by atoms with E-state index in [1.807, 2.05) is 38.1 Å². The summed E-state index contributed by atoms with van der Waals surface area (Å²) in [5, 5.41) is 5.30. The summed E-state index contributed by atoms with van der Waals surface area (Å²) in [4.78, 5) is 11.8. The van der Waals surface area contributed by atoms with Crippen molar-refractivity contribution in [2.45, 2.75) is 13.8 Å². The van der Waals surface area contributed by atoms with E-state index in [-0.39, 0.29) is 12.8 Å². The van der Waals surface area contributed by atoms with Crippen molar-refractivity contribution in [3.8, 4) is 11.5 Å². The molecule has 0 radical (unpaired) electrons. The molecule has 0 saturated carbocycles. The first-order valence-corrected chi connectivity index (χ1v) is 7.35. The second-order valence-corrected chi connectivity index (χ2v) is 4.91. The maximum Gasteiger partial charge on any atom is 0.321 e.